The molecule has 0 atom stereocenters. The number of Topliss-reactive ketones (excluding diaryl/α,β-unsaturated/α-hetero) is 1. The van der Waals surface area contributed by atoms with Crippen LogP contribution in [0, 0.1) is 0 Å². The third kappa shape index (κ3) is 2.18. The molecule has 0 amide bonds. The maximum atomic E-state index is 11.8. The lowest BCUT2D eigenvalue weighted by molar-refractivity contribution is 0.0968. The van der Waals surface area contributed by atoms with Crippen LogP contribution in [-0.2, 0) is 6.42 Å². The van der Waals surface area contributed by atoms with Crippen LogP contribution < -0.4 is 4.90 Å². The molecule has 0 saturated heterocycles. The Labute approximate surface area is 112 Å². The summed E-state index contributed by atoms with van der Waals surface area (Å²) in [5, 5.41) is 1.06. The van der Waals surface area contributed by atoms with Crippen molar-refractivity contribution >= 4 is 22.3 Å². The van der Waals surface area contributed by atoms with E-state index in [-0.39, 0.29) is 5.78 Å². The molecule has 0 aromatic carbocycles. The number of carbonyl (C=O) groups is 1. The van der Waals surface area contributed by atoms with Crippen molar-refractivity contribution in [2.45, 2.75) is 57.4 Å². The molecule has 0 unspecified atom stereocenters. The Morgan fingerprint density at radius 1 is 1.17 bits per heavy atom. The second-order valence-corrected chi connectivity index (χ2v) is 6.51. The van der Waals surface area contributed by atoms with Crippen molar-refractivity contribution in [1.29, 1.82) is 0 Å². The fourth-order valence-electron chi connectivity index (χ4n) is 3.03. The lowest BCUT2D eigenvalue weighted by atomic mass is 9.95. The van der Waals surface area contributed by atoms with Crippen LogP contribution in [0.15, 0.2) is 0 Å². The van der Waals surface area contributed by atoms with Gasteiger partial charge in [-0.05, 0) is 25.7 Å². The van der Waals surface area contributed by atoms with E-state index in [9.17, 15) is 4.79 Å². The summed E-state index contributed by atoms with van der Waals surface area (Å²) in [6.07, 6.45) is 9.31. The van der Waals surface area contributed by atoms with E-state index in [1.165, 1.54) is 37.0 Å². The monoisotopic (exact) mass is 264 g/mol. The highest BCUT2D eigenvalue weighted by atomic mass is 32.1. The van der Waals surface area contributed by atoms with E-state index in [1.54, 1.807) is 11.3 Å². The van der Waals surface area contributed by atoms with Crippen molar-refractivity contribution in [2.75, 3.05) is 11.9 Å². The molecule has 1 fully saturated rings. The largest absolute Gasteiger partial charge is 0.348 e. The number of anilines is 1. The number of nitrogens with zero attached hydrogens (tertiary/aromatic N) is 2. The fraction of sp³-hybridized carbons (Fsp3) is 0.714. The summed E-state index contributed by atoms with van der Waals surface area (Å²) in [5.41, 5.74) is 0.768. The fourth-order valence-corrected chi connectivity index (χ4v) is 4.18. The zero-order valence-electron chi connectivity index (χ0n) is 10.9. The molecule has 4 heteroatoms. The summed E-state index contributed by atoms with van der Waals surface area (Å²) >= 11 is 1.73. The molecule has 1 aromatic heterocycles. The number of carbonyl (C=O) groups excluding carboxylic acids is 1. The van der Waals surface area contributed by atoms with E-state index in [2.05, 4.69) is 16.9 Å². The van der Waals surface area contributed by atoms with Crippen LogP contribution in [0.3, 0.4) is 0 Å². The maximum absolute atomic E-state index is 11.8. The highest BCUT2D eigenvalue weighted by molar-refractivity contribution is 7.16. The van der Waals surface area contributed by atoms with Gasteiger partial charge in [-0.1, -0.05) is 19.3 Å². The molecule has 0 aliphatic heterocycles. The molecule has 2 aliphatic rings. The minimum atomic E-state index is 0.246. The second-order valence-electron chi connectivity index (χ2n) is 5.45. The number of thiazole rings is 1. The minimum absolute atomic E-state index is 0.246. The molecule has 0 N–H and O–H groups in total. The highest BCUT2D eigenvalue weighted by Crippen LogP contribution is 2.34. The zero-order chi connectivity index (χ0) is 12.5. The Bertz CT molecular complexity index is 449. The van der Waals surface area contributed by atoms with Crippen molar-refractivity contribution in [1.82, 2.24) is 4.98 Å². The van der Waals surface area contributed by atoms with Gasteiger partial charge in [0.2, 0.25) is 0 Å². The van der Waals surface area contributed by atoms with Crippen LogP contribution in [-0.4, -0.2) is 23.9 Å². The molecule has 1 saturated carbocycles. The highest BCUT2D eigenvalue weighted by Gasteiger charge is 2.26. The first-order chi connectivity index (χ1) is 8.75. The van der Waals surface area contributed by atoms with Crippen molar-refractivity contribution in [3.8, 4) is 0 Å². The minimum Gasteiger partial charge on any atom is -0.348 e. The summed E-state index contributed by atoms with van der Waals surface area (Å²) < 4.78 is 0. The molecule has 1 heterocycles. The van der Waals surface area contributed by atoms with Gasteiger partial charge in [-0.25, -0.2) is 4.98 Å². The van der Waals surface area contributed by atoms with Crippen molar-refractivity contribution < 1.29 is 4.79 Å². The van der Waals surface area contributed by atoms with E-state index in [1.807, 2.05) is 0 Å². The van der Waals surface area contributed by atoms with Gasteiger partial charge >= 0.3 is 0 Å². The van der Waals surface area contributed by atoms with E-state index in [0.29, 0.717) is 12.5 Å². The van der Waals surface area contributed by atoms with Gasteiger partial charge in [-0.15, -0.1) is 11.3 Å². The molecule has 98 valence electrons. The molecule has 1 aromatic rings. The Kier molecular flexibility index (Phi) is 3.37. The molecule has 3 rings (SSSR count). The van der Waals surface area contributed by atoms with Gasteiger partial charge in [0.15, 0.2) is 10.9 Å². The summed E-state index contributed by atoms with van der Waals surface area (Å²) in [6, 6.07) is 0.626. The Morgan fingerprint density at radius 3 is 2.67 bits per heavy atom. The second kappa shape index (κ2) is 5.00. The van der Waals surface area contributed by atoms with E-state index < -0.39 is 0 Å². The number of aromatic nitrogens is 1. The molecule has 0 bridgehead atoms. The Hall–Kier alpha value is -0.900. The Balaban J connectivity index is 1.81. The van der Waals surface area contributed by atoms with Crippen LogP contribution in [0.2, 0.25) is 0 Å². The van der Waals surface area contributed by atoms with E-state index >= 15 is 0 Å². The molecule has 0 spiro atoms. The third-order valence-electron chi connectivity index (χ3n) is 4.18. The molecule has 18 heavy (non-hydrogen) atoms. The number of rotatable bonds is 2. The van der Waals surface area contributed by atoms with Crippen LogP contribution >= 0.6 is 11.3 Å². The summed E-state index contributed by atoms with van der Waals surface area (Å²) in [6.45, 7) is 0. The normalized spacial score (nSPS) is 20.8. The maximum Gasteiger partial charge on any atom is 0.186 e. The van der Waals surface area contributed by atoms with Gasteiger partial charge in [-0.2, -0.15) is 0 Å². The van der Waals surface area contributed by atoms with Crippen LogP contribution in [0.5, 0.6) is 0 Å². The number of hydrogen-bond acceptors (Lipinski definition) is 4. The van der Waals surface area contributed by atoms with Crippen molar-refractivity contribution in [2.24, 2.45) is 0 Å². The van der Waals surface area contributed by atoms with Crippen LogP contribution in [0.25, 0.3) is 0 Å². The molecule has 2 aliphatic carbocycles. The average molecular weight is 264 g/mol. The first kappa shape index (κ1) is 12.2. The van der Waals surface area contributed by atoms with E-state index in [0.717, 1.165) is 23.7 Å². The van der Waals surface area contributed by atoms with Gasteiger partial charge in [0.05, 0.1) is 0 Å². The van der Waals surface area contributed by atoms with Gasteiger partial charge in [0.1, 0.15) is 5.69 Å². The number of aryl methyl sites for hydroxylation is 1. The standard InChI is InChI=1S/C14H20N2OS/c1-16(10-6-3-2-4-7-10)14-15-13-11(17)8-5-9-12(13)18-14/h10H,2-9H2,1H3. The topological polar surface area (TPSA) is 33.2 Å². The summed E-state index contributed by atoms with van der Waals surface area (Å²) in [4.78, 5) is 20.0. The summed E-state index contributed by atoms with van der Waals surface area (Å²) in [7, 11) is 2.14. The van der Waals surface area contributed by atoms with Gasteiger partial charge in [-0.3, -0.25) is 4.79 Å². The zero-order valence-corrected chi connectivity index (χ0v) is 11.8. The van der Waals surface area contributed by atoms with Crippen molar-refractivity contribution in [3.63, 3.8) is 0 Å². The van der Waals surface area contributed by atoms with E-state index in [4.69, 9.17) is 0 Å². The SMILES string of the molecule is CN(c1nc2c(s1)CCCC2=O)C1CCCCC1. The first-order valence-corrected chi connectivity index (χ1v) is 7.83. The predicted octanol–water partition coefficient (Wildman–Crippen LogP) is 3.43. The predicted molar refractivity (Wildman–Crippen MR) is 74.7 cm³/mol. The van der Waals surface area contributed by atoms with Gasteiger partial charge in [0, 0.05) is 24.4 Å². The smallest absolute Gasteiger partial charge is 0.186 e. The first-order valence-electron chi connectivity index (χ1n) is 7.01. The van der Waals surface area contributed by atoms with Crippen LogP contribution in [0.4, 0.5) is 5.13 Å². The van der Waals surface area contributed by atoms with Gasteiger partial charge in [0.25, 0.3) is 0 Å². The Morgan fingerprint density at radius 2 is 1.94 bits per heavy atom. The summed E-state index contributed by atoms with van der Waals surface area (Å²) in [5.74, 6) is 0.246. The molecular formula is C14H20N2OS. The number of ketones is 1. The van der Waals surface area contributed by atoms with Crippen LogP contribution in [0.1, 0.15) is 60.3 Å². The third-order valence-corrected chi connectivity index (χ3v) is 5.39. The molecular weight excluding hydrogens is 244 g/mol. The van der Waals surface area contributed by atoms with Crippen molar-refractivity contribution in [3.05, 3.63) is 10.6 Å². The number of hydrogen-bond donors (Lipinski definition) is 0. The lowest BCUT2D eigenvalue weighted by Crippen LogP contribution is -2.33. The molecule has 0 radical (unpaired) electrons. The van der Waals surface area contributed by atoms with Gasteiger partial charge < -0.3 is 4.90 Å². The average Bonchev–Trinajstić information content (AvgIpc) is 2.84. The lowest BCUT2D eigenvalue weighted by Gasteiger charge is -2.30. The quantitative estimate of drug-likeness (QED) is 0.820. The molecule has 3 nitrogen and oxygen atoms in total. The number of fused-ring (bicyclic) bond motifs is 1.